The van der Waals surface area contributed by atoms with Gasteiger partial charge in [-0.05, 0) is 38.5 Å². The molecule has 0 aromatic heterocycles. The summed E-state index contributed by atoms with van der Waals surface area (Å²) in [5.74, 6) is 0.701. The monoisotopic (exact) mass is 301 g/mol. The fraction of sp³-hybridized carbons (Fsp3) is 0.312. The Hall–Kier alpha value is -1.88. The van der Waals surface area contributed by atoms with Crippen molar-refractivity contribution in [3.05, 3.63) is 54.3 Å². The van der Waals surface area contributed by atoms with Gasteiger partial charge in [-0.2, -0.15) is 0 Å². The minimum atomic E-state index is -1.29. The first-order valence-corrected chi connectivity index (χ1v) is 8.29. The second-order valence-electron chi connectivity index (χ2n) is 5.37. The quantitative estimate of drug-likeness (QED) is 0.932. The molecular formula is C16H19N3OS. The van der Waals surface area contributed by atoms with Gasteiger partial charge in [0, 0.05) is 11.7 Å². The summed E-state index contributed by atoms with van der Waals surface area (Å²) < 4.78 is 15.5. The summed E-state index contributed by atoms with van der Waals surface area (Å²) >= 11 is 0. The third-order valence-electron chi connectivity index (χ3n) is 3.55. The average molecular weight is 301 g/mol. The molecule has 4 nitrogen and oxygen atoms in total. The minimum absolute atomic E-state index is 0.146. The lowest BCUT2D eigenvalue weighted by Gasteiger charge is -2.28. The molecule has 110 valence electrons. The van der Waals surface area contributed by atoms with Crippen LogP contribution in [0.5, 0.6) is 0 Å². The first-order valence-electron chi connectivity index (χ1n) is 7.14. The van der Waals surface area contributed by atoms with Crippen LogP contribution in [-0.2, 0) is 11.0 Å². The molecule has 0 saturated heterocycles. The van der Waals surface area contributed by atoms with Crippen molar-refractivity contribution in [2.75, 3.05) is 0 Å². The second-order valence-corrected chi connectivity index (χ2v) is 6.58. The van der Waals surface area contributed by atoms with Crippen LogP contribution in [0.3, 0.4) is 0 Å². The lowest BCUT2D eigenvalue weighted by atomic mass is 10.1. The number of fused-ring (bicyclic) bond motifs is 1. The topological polar surface area (TPSA) is 44.7 Å². The van der Waals surface area contributed by atoms with E-state index in [0.29, 0.717) is 5.96 Å². The largest absolute Gasteiger partial charge is 0.311 e. The predicted molar refractivity (Wildman–Crippen MR) is 86.0 cm³/mol. The molecule has 0 amide bonds. The van der Waals surface area contributed by atoms with Gasteiger partial charge in [-0.15, -0.1) is 0 Å². The van der Waals surface area contributed by atoms with Crippen molar-refractivity contribution >= 4 is 16.9 Å². The van der Waals surface area contributed by atoms with Gasteiger partial charge >= 0.3 is 0 Å². The van der Waals surface area contributed by atoms with Crippen LogP contribution in [0, 0.1) is 0 Å². The zero-order valence-corrected chi connectivity index (χ0v) is 13.0. The van der Waals surface area contributed by atoms with Crippen LogP contribution in [0.15, 0.2) is 64.1 Å². The molecule has 0 saturated carbocycles. The number of aliphatic imine (C=N–C) groups is 1. The number of hydrogen-bond acceptors (Lipinski definition) is 3. The van der Waals surface area contributed by atoms with Crippen molar-refractivity contribution in [1.82, 2.24) is 9.62 Å². The number of nitrogens with zero attached hydrogens (tertiary/aromatic N) is 2. The maximum Gasteiger partial charge on any atom is 0.211 e. The third kappa shape index (κ3) is 2.78. The molecular weight excluding hydrogens is 282 g/mol. The Balaban J connectivity index is 1.83. The number of nitrogens with one attached hydrogen (secondary N) is 1. The van der Waals surface area contributed by atoms with E-state index in [2.05, 4.69) is 41.7 Å². The number of guanidine groups is 1. The zero-order chi connectivity index (χ0) is 14.8. The number of hydrogen-bond donors (Lipinski definition) is 1. The van der Waals surface area contributed by atoms with Gasteiger partial charge in [-0.25, -0.2) is 9.20 Å². The van der Waals surface area contributed by atoms with E-state index in [1.54, 1.807) is 0 Å². The third-order valence-corrected chi connectivity index (χ3v) is 4.61. The molecule has 0 radical (unpaired) electrons. The molecule has 1 aromatic rings. The van der Waals surface area contributed by atoms with Gasteiger partial charge in [0.15, 0.2) is 11.0 Å². The van der Waals surface area contributed by atoms with E-state index in [-0.39, 0.29) is 12.1 Å². The van der Waals surface area contributed by atoms with Gasteiger partial charge < -0.3 is 4.90 Å². The highest BCUT2D eigenvalue weighted by Crippen LogP contribution is 2.28. The molecule has 1 aromatic carbocycles. The summed E-state index contributed by atoms with van der Waals surface area (Å²) in [5.41, 5.74) is 1.18. The second kappa shape index (κ2) is 5.85. The molecule has 21 heavy (non-hydrogen) atoms. The van der Waals surface area contributed by atoms with Crippen molar-refractivity contribution in [2.24, 2.45) is 4.99 Å². The lowest BCUT2D eigenvalue weighted by Crippen LogP contribution is -2.42. The Bertz CT molecular complexity index is 634. The molecule has 1 aliphatic heterocycles. The summed E-state index contributed by atoms with van der Waals surface area (Å²) in [7, 11) is -1.29. The molecule has 3 rings (SSSR count). The van der Waals surface area contributed by atoms with Crippen LogP contribution < -0.4 is 4.72 Å². The van der Waals surface area contributed by atoms with E-state index >= 15 is 0 Å². The van der Waals surface area contributed by atoms with Crippen molar-refractivity contribution in [3.63, 3.8) is 0 Å². The van der Waals surface area contributed by atoms with Gasteiger partial charge in [0.1, 0.15) is 0 Å². The molecule has 1 aliphatic carbocycles. The fourth-order valence-corrected chi connectivity index (χ4v) is 3.44. The normalized spacial score (nSPS) is 21.9. The van der Waals surface area contributed by atoms with Gasteiger partial charge in [0.25, 0.3) is 0 Å². The smallest absolute Gasteiger partial charge is 0.211 e. The highest BCUT2D eigenvalue weighted by molar-refractivity contribution is 7.83. The number of benzene rings is 1. The molecule has 2 atom stereocenters. The average Bonchev–Trinajstić information content (AvgIpc) is 2.86. The van der Waals surface area contributed by atoms with Gasteiger partial charge in [0.05, 0.1) is 10.9 Å². The molecule has 0 spiro atoms. The molecule has 0 fully saturated rings. The van der Waals surface area contributed by atoms with E-state index in [4.69, 9.17) is 4.99 Å². The molecule has 1 N–H and O–H groups in total. The fourth-order valence-electron chi connectivity index (χ4n) is 2.60. The Kier molecular flexibility index (Phi) is 3.92. The summed E-state index contributed by atoms with van der Waals surface area (Å²) in [6, 6.07) is 9.81. The first kappa shape index (κ1) is 14.1. The highest BCUT2D eigenvalue weighted by Gasteiger charge is 2.33. The molecule has 2 aliphatic rings. The first-order chi connectivity index (χ1) is 10.2. The lowest BCUT2D eigenvalue weighted by molar-refractivity contribution is 0.417. The van der Waals surface area contributed by atoms with Gasteiger partial charge in [0.2, 0.25) is 5.96 Å². The van der Waals surface area contributed by atoms with Crippen molar-refractivity contribution in [1.29, 1.82) is 0 Å². The van der Waals surface area contributed by atoms with Crippen LogP contribution in [0.4, 0.5) is 0 Å². The highest BCUT2D eigenvalue weighted by atomic mass is 32.2. The summed E-state index contributed by atoms with van der Waals surface area (Å²) in [6.07, 6.45) is 7.18. The summed E-state index contributed by atoms with van der Waals surface area (Å²) in [5, 5.41) is 0. The van der Waals surface area contributed by atoms with E-state index in [9.17, 15) is 4.21 Å². The van der Waals surface area contributed by atoms with E-state index in [1.165, 1.54) is 5.70 Å². The Labute approximate surface area is 127 Å². The number of rotatable bonds is 3. The Morgan fingerprint density at radius 3 is 2.81 bits per heavy atom. The van der Waals surface area contributed by atoms with Gasteiger partial charge in [-0.1, -0.05) is 30.4 Å². The minimum Gasteiger partial charge on any atom is -0.311 e. The maximum atomic E-state index is 12.4. The predicted octanol–water partition coefficient (Wildman–Crippen LogP) is 2.59. The van der Waals surface area contributed by atoms with Crippen LogP contribution >= 0.6 is 0 Å². The summed E-state index contributed by atoms with van der Waals surface area (Å²) in [4.78, 5) is 7.59. The number of allylic oxidation sites excluding steroid dienone is 2. The van der Waals surface area contributed by atoms with E-state index < -0.39 is 11.0 Å². The van der Waals surface area contributed by atoms with Crippen molar-refractivity contribution in [3.8, 4) is 0 Å². The Morgan fingerprint density at radius 2 is 2.10 bits per heavy atom. The summed E-state index contributed by atoms with van der Waals surface area (Å²) in [6.45, 7) is 4.23. The van der Waals surface area contributed by atoms with Crippen LogP contribution in [0.2, 0.25) is 0 Å². The van der Waals surface area contributed by atoms with E-state index in [1.807, 2.05) is 30.3 Å². The maximum absolute atomic E-state index is 12.4. The van der Waals surface area contributed by atoms with Crippen LogP contribution in [0.1, 0.15) is 20.3 Å². The van der Waals surface area contributed by atoms with E-state index in [0.717, 1.165) is 11.3 Å². The molecule has 1 heterocycles. The zero-order valence-electron chi connectivity index (χ0n) is 12.2. The SMILES string of the molecule is CC(C)N1C2=CC=CCC2N=C1NS(=O)c1ccccc1. The van der Waals surface area contributed by atoms with Gasteiger partial charge in [-0.3, -0.25) is 4.72 Å². The standard InChI is InChI=1S/C16H19N3OS/c1-12(2)19-15-11-7-6-10-14(15)17-16(19)18-21(20)13-8-4-3-5-9-13/h3-9,11-12,14H,10H2,1-2H3,(H,17,18). The molecule has 0 bridgehead atoms. The van der Waals surface area contributed by atoms with Crippen LogP contribution in [0.25, 0.3) is 0 Å². The molecule has 5 heteroatoms. The van der Waals surface area contributed by atoms with Crippen LogP contribution in [-0.4, -0.2) is 27.2 Å². The Morgan fingerprint density at radius 1 is 1.33 bits per heavy atom. The molecule has 2 unspecified atom stereocenters. The van der Waals surface area contributed by atoms with Crippen molar-refractivity contribution < 1.29 is 4.21 Å². The van der Waals surface area contributed by atoms with Crippen molar-refractivity contribution in [2.45, 2.75) is 37.2 Å².